The summed E-state index contributed by atoms with van der Waals surface area (Å²) in [7, 11) is -3.78. The summed E-state index contributed by atoms with van der Waals surface area (Å²) >= 11 is 0. The van der Waals surface area contributed by atoms with Crippen molar-refractivity contribution in [2.24, 2.45) is 0 Å². The number of ether oxygens (including phenoxy) is 1. The number of aryl methyl sites for hydroxylation is 1. The van der Waals surface area contributed by atoms with Gasteiger partial charge in [-0.2, -0.15) is 0 Å². The Kier molecular flexibility index (Phi) is 4.54. The smallest absolute Gasteiger partial charge is 0.243 e. The quantitative estimate of drug-likeness (QED) is 0.901. The summed E-state index contributed by atoms with van der Waals surface area (Å²) in [4.78, 5) is -0.301. The molecule has 0 amide bonds. The van der Waals surface area contributed by atoms with E-state index in [4.69, 9.17) is 4.74 Å². The third-order valence-electron chi connectivity index (χ3n) is 3.16. The molecule has 0 saturated carbocycles. The fourth-order valence-electron chi connectivity index (χ4n) is 2.13. The Morgan fingerprint density at radius 1 is 1.47 bits per heavy atom. The summed E-state index contributed by atoms with van der Waals surface area (Å²) in [6.07, 6.45) is 2.71. The summed E-state index contributed by atoms with van der Waals surface area (Å²) in [5, 5.41) is 0. The molecule has 4 nitrogen and oxygen atoms in total. The second kappa shape index (κ2) is 5.98. The molecule has 6 heteroatoms. The van der Waals surface area contributed by atoms with Crippen molar-refractivity contribution in [2.45, 2.75) is 37.2 Å². The van der Waals surface area contributed by atoms with Crippen LogP contribution < -0.4 is 4.72 Å². The molecule has 0 radical (unpaired) electrons. The number of benzene rings is 1. The topological polar surface area (TPSA) is 55.4 Å². The van der Waals surface area contributed by atoms with Crippen molar-refractivity contribution in [3.8, 4) is 0 Å². The maximum Gasteiger partial charge on any atom is 0.243 e. The summed E-state index contributed by atoms with van der Waals surface area (Å²) in [5.74, 6) is -0.718. The van der Waals surface area contributed by atoms with Crippen molar-refractivity contribution in [1.29, 1.82) is 0 Å². The van der Waals surface area contributed by atoms with Crippen LogP contribution >= 0.6 is 0 Å². The highest BCUT2D eigenvalue weighted by atomic mass is 32.2. The van der Waals surface area contributed by atoms with Crippen LogP contribution in [-0.2, 0) is 14.8 Å². The van der Waals surface area contributed by atoms with E-state index in [-0.39, 0.29) is 17.5 Å². The van der Waals surface area contributed by atoms with E-state index in [0.29, 0.717) is 12.0 Å². The number of hydrogen-bond donors (Lipinski definition) is 1. The van der Waals surface area contributed by atoms with Gasteiger partial charge in [0.2, 0.25) is 10.0 Å². The molecule has 19 heavy (non-hydrogen) atoms. The first-order chi connectivity index (χ1) is 8.99. The molecule has 1 aromatic carbocycles. The highest BCUT2D eigenvalue weighted by Gasteiger charge is 2.20. The molecule has 0 aliphatic carbocycles. The van der Waals surface area contributed by atoms with Crippen LogP contribution in [0.3, 0.4) is 0 Å². The zero-order chi connectivity index (χ0) is 13.9. The van der Waals surface area contributed by atoms with Crippen molar-refractivity contribution < 1.29 is 17.5 Å². The first kappa shape index (κ1) is 14.4. The first-order valence-corrected chi connectivity index (χ1v) is 7.85. The largest absolute Gasteiger partial charge is 0.378 e. The molecule has 1 aliphatic rings. The van der Waals surface area contributed by atoms with Crippen LogP contribution in [0.15, 0.2) is 23.1 Å². The van der Waals surface area contributed by atoms with E-state index in [1.807, 2.05) is 0 Å². The number of halogens is 1. The molecule has 1 saturated heterocycles. The average Bonchev–Trinajstić information content (AvgIpc) is 2.81. The maximum absolute atomic E-state index is 13.6. The van der Waals surface area contributed by atoms with Crippen LogP contribution in [0.4, 0.5) is 4.39 Å². The number of nitrogens with one attached hydrogen (secondary N) is 1. The van der Waals surface area contributed by atoms with Gasteiger partial charge in [-0.15, -0.1) is 0 Å². The van der Waals surface area contributed by atoms with E-state index in [9.17, 15) is 12.8 Å². The maximum atomic E-state index is 13.6. The number of sulfonamides is 1. The van der Waals surface area contributed by atoms with Gasteiger partial charge in [0, 0.05) is 13.2 Å². The van der Waals surface area contributed by atoms with Crippen LogP contribution in [0.1, 0.15) is 24.8 Å². The predicted octanol–water partition coefficient (Wildman–Crippen LogP) is 1.98. The van der Waals surface area contributed by atoms with Gasteiger partial charge >= 0.3 is 0 Å². The standard InChI is InChI=1S/C13H18FNO3S/c1-10-4-5-13(12(14)9-10)19(16,17)15-7-6-11-3-2-8-18-11/h4-5,9,11,15H,2-3,6-8H2,1H3. The van der Waals surface area contributed by atoms with E-state index in [0.717, 1.165) is 19.4 Å². The molecule has 0 spiro atoms. The Morgan fingerprint density at radius 3 is 2.89 bits per heavy atom. The highest BCUT2D eigenvalue weighted by molar-refractivity contribution is 7.89. The third kappa shape index (κ3) is 3.75. The fraction of sp³-hybridized carbons (Fsp3) is 0.538. The Balaban J connectivity index is 1.97. The zero-order valence-corrected chi connectivity index (χ0v) is 11.7. The molecule has 1 aromatic rings. The van der Waals surface area contributed by atoms with Gasteiger partial charge in [-0.05, 0) is 43.9 Å². The van der Waals surface area contributed by atoms with Crippen LogP contribution in [0.25, 0.3) is 0 Å². The van der Waals surface area contributed by atoms with Crippen molar-refractivity contribution in [2.75, 3.05) is 13.2 Å². The average molecular weight is 287 g/mol. The molecule has 1 N–H and O–H groups in total. The summed E-state index contributed by atoms with van der Waals surface area (Å²) in [6.45, 7) is 2.72. The molecule has 106 valence electrons. The fourth-order valence-corrected chi connectivity index (χ4v) is 3.23. The minimum Gasteiger partial charge on any atom is -0.378 e. The summed E-state index contributed by atoms with van der Waals surface area (Å²) < 4.78 is 45.3. The van der Waals surface area contributed by atoms with Gasteiger partial charge in [-0.3, -0.25) is 0 Å². The van der Waals surface area contributed by atoms with Crippen molar-refractivity contribution in [1.82, 2.24) is 4.72 Å². The van der Waals surface area contributed by atoms with Crippen LogP contribution in [0, 0.1) is 12.7 Å². The SMILES string of the molecule is Cc1ccc(S(=O)(=O)NCCC2CCCO2)c(F)c1. The van der Waals surface area contributed by atoms with E-state index in [1.165, 1.54) is 12.1 Å². The molecule has 1 fully saturated rings. The van der Waals surface area contributed by atoms with Crippen molar-refractivity contribution >= 4 is 10.0 Å². The van der Waals surface area contributed by atoms with Gasteiger partial charge in [0.05, 0.1) is 6.10 Å². The van der Waals surface area contributed by atoms with E-state index in [2.05, 4.69) is 4.72 Å². The molecular formula is C13H18FNO3S. The second-order valence-electron chi connectivity index (χ2n) is 4.76. The predicted molar refractivity (Wildman–Crippen MR) is 69.9 cm³/mol. The lowest BCUT2D eigenvalue weighted by molar-refractivity contribution is 0.105. The Bertz CT molecular complexity index is 539. The Hall–Kier alpha value is -0.980. The lowest BCUT2D eigenvalue weighted by atomic mass is 10.2. The molecule has 1 heterocycles. The first-order valence-electron chi connectivity index (χ1n) is 6.36. The number of hydrogen-bond acceptors (Lipinski definition) is 3. The van der Waals surface area contributed by atoms with Gasteiger partial charge in [0.25, 0.3) is 0 Å². The van der Waals surface area contributed by atoms with Crippen LogP contribution in [0.2, 0.25) is 0 Å². The number of rotatable bonds is 5. The van der Waals surface area contributed by atoms with E-state index < -0.39 is 15.8 Å². The summed E-state index contributed by atoms with van der Waals surface area (Å²) in [6, 6.07) is 4.09. The minimum atomic E-state index is -3.78. The lowest BCUT2D eigenvalue weighted by Gasteiger charge is -2.11. The third-order valence-corrected chi connectivity index (χ3v) is 4.65. The molecular weight excluding hydrogens is 269 g/mol. The van der Waals surface area contributed by atoms with Gasteiger partial charge in [0.15, 0.2) is 0 Å². The summed E-state index contributed by atoms with van der Waals surface area (Å²) in [5.41, 5.74) is 0.691. The Labute approximate surface area is 113 Å². The van der Waals surface area contributed by atoms with E-state index in [1.54, 1.807) is 13.0 Å². The molecule has 0 aromatic heterocycles. The van der Waals surface area contributed by atoms with Crippen LogP contribution in [-0.4, -0.2) is 27.7 Å². The lowest BCUT2D eigenvalue weighted by Crippen LogP contribution is -2.28. The molecule has 1 unspecified atom stereocenters. The van der Waals surface area contributed by atoms with Gasteiger partial charge in [-0.25, -0.2) is 17.5 Å². The van der Waals surface area contributed by atoms with Crippen molar-refractivity contribution in [3.63, 3.8) is 0 Å². The monoisotopic (exact) mass is 287 g/mol. The molecule has 0 bridgehead atoms. The highest BCUT2D eigenvalue weighted by Crippen LogP contribution is 2.17. The molecule has 2 rings (SSSR count). The van der Waals surface area contributed by atoms with Gasteiger partial charge in [-0.1, -0.05) is 6.07 Å². The van der Waals surface area contributed by atoms with E-state index >= 15 is 0 Å². The van der Waals surface area contributed by atoms with Gasteiger partial charge < -0.3 is 4.74 Å². The van der Waals surface area contributed by atoms with Crippen LogP contribution in [0.5, 0.6) is 0 Å². The minimum absolute atomic E-state index is 0.116. The van der Waals surface area contributed by atoms with Gasteiger partial charge in [0.1, 0.15) is 10.7 Å². The second-order valence-corrected chi connectivity index (χ2v) is 6.49. The normalized spacial score (nSPS) is 19.8. The molecule has 1 aliphatic heterocycles. The Morgan fingerprint density at radius 2 is 2.26 bits per heavy atom. The zero-order valence-electron chi connectivity index (χ0n) is 10.9. The van der Waals surface area contributed by atoms with Crippen molar-refractivity contribution in [3.05, 3.63) is 29.6 Å². The molecule has 1 atom stereocenters.